The van der Waals surface area contributed by atoms with Crippen LogP contribution in [0.3, 0.4) is 0 Å². The maximum absolute atomic E-state index is 12.2. The Labute approximate surface area is 162 Å². The van der Waals surface area contributed by atoms with Crippen LogP contribution >= 0.6 is 11.6 Å². The summed E-state index contributed by atoms with van der Waals surface area (Å²) >= 11 is 6.52. The maximum Gasteiger partial charge on any atom is 0.251 e. The van der Waals surface area contributed by atoms with Crippen LogP contribution in [0.25, 0.3) is 22.3 Å². The van der Waals surface area contributed by atoms with Crippen molar-refractivity contribution in [2.45, 2.75) is 6.54 Å². The van der Waals surface area contributed by atoms with Crippen LogP contribution in [0.4, 0.5) is 0 Å². The molecule has 0 bridgehead atoms. The van der Waals surface area contributed by atoms with Crippen LogP contribution < -0.4 is 10.1 Å². The first-order valence-corrected chi connectivity index (χ1v) is 8.78. The molecule has 3 aromatic carbocycles. The number of rotatable bonds is 3. The molecule has 0 atom stereocenters. The van der Waals surface area contributed by atoms with E-state index in [1.807, 2.05) is 42.5 Å². The van der Waals surface area contributed by atoms with Gasteiger partial charge in [0, 0.05) is 17.7 Å². The molecular formula is C22H15ClN2O2. The topological polar surface area (TPSA) is 62.1 Å². The van der Waals surface area contributed by atoms with Gasteiger partial charge in [0.1, 0.15) is 5.75 Å². The number of methoxy groups -OCH3 is 1. The second-order valence-electron chi connectivity index (χ2n) is 6.28. The number of halogens is 1. The minimum Gasteiger partial charge on any atom is -0.497 e. The molecule has 1 N–H and O–H groups in total. The molecule has 5 heteroatoms. The van der Waals surface area contributed by atoms with Crippen molar-refractivity contribution in [1.29, 1.82) is 5.26 Å². The largest absolute Gasteiger partial charge is 0.497 e. The minimum absolute atomic E-state index is 0.0896. The van der Waals surface area contributed by atoms with Gasteiger partial charge in [-0.2, -0.15) is 5.26 Å². The molecule has 0 aliphatic carbocycles. The molecule has 1 amide bonds. The molecule has 4 nitrogen and oxygen atoms in total. The molecule has 3 aromatic rings. The van der Waals surface area contributed by atoms with Gasteiger partial charge >= 0.3 is 0 Å². The Kier molecular flexibility index (Phi) is 4.31. The minimum atomic E-state index is -0.0896. The molecule has 0 aromatic heterocycles. The van der Waals surface area contributed by atoms with Gasteiger partial charge in [-0.1, -0.05) is 23.7 Å². The summed E-state index contributed by atoms with van der Waals surface area (Å²) in [4.78, 5) is 12.2. The number of benzene rings is 3. The highest BCUT2D eigenvalue weighted by Crippen LogP contribution is 2.40. The first-order chi connectivity index (χ1) is 13.1. The fraction of sp³-hybridized carbons (Fsp3) is 0.0909. The molecule has 27 heavy (non-hydrogen) atoms. The van der Waals surface area contributed by atoms with E-state index >= 15 is 0 Å². The number of hydrogen-bond donors (Lipinski definition) is 1. The van der Waals surface area contributed by atoms with Gasteiger partial charge < -0.3 is 10.1 Å². The van der Waals surface area contributed by atoms with E-state index in [1.54, 1.807) is 19.2 Å². The normalized spacial score (nSPS) is 12.3. The zero-order valence-electron chi connectivity index (χ0n) is 14.5. The third kappa shape index (κ3) is 3.03. The van der Waals surface area contributed by atoms with Gasteiger partial charge in [0.05, 0.1) is 23.8 Å². The molecule has 4 rings (SSSR count). The highest BCUT2D eigenvalue weighted by Gasteiger charge is 2.23. The number of nitrogens with zero attached hydrogens (tertiary/aromatic N) is 1. The Morgan fingerprint density at radius 3 is 2.63 bits per heavy atom. The van der Waals surface area contributed by atoms with E-state index in [1.165, 1.54) is 0 Å². The molecule has 1 aliphatic rings. The van der Waals surface area contributed by atoms with Crippen LogP contribution in [-0.2, 0) is 6.54 Å². The van der Waals surface area contributed by atoms with E-state index in [-0.39, 0.29) is 5.91 Å². The van der Waals surface area contributed by atoms with Crippen molar-refractivity contribution >= 4 is 17.5 Å². The number of ether oxygens (including phenoxy) is 1. The van der Waals surface area contributed by atoms with Crippen LogP contribution in [0, 0.1) is 11.3 Å². The quantitative estimate of drug-likeness (QED) is 0.716. The summed E-state index contributed by atoms with van der Waals surface area (Å²) < 4.78 is 5.24. The maximum atomic E-state index is 12.2. The molecule has 0 radical (unpaired) electrons. The van der Waals surface area contributed by atoms with Gasteiger partial charge in [-0.25, -0.2) is 0 Å². The Hall–Kier alpha value is -3.29. The zero-order chi connectivity index (χ0) is 19.0. The number of nitriles is 1. The van der Waals surface area contributed by atoms with Gasteiger partial charge in [0.25, 0.3) is 5.91 Å². The van der Waals surface area contributed by atoms with Crippen LogP contribution in [-0.4, -0.2) is 13.0 Å². The molecule has 0 unspecified atom stereocenters. The first kappa shape index (κ1) is 17.1. The van der Waals surface area contributed by atoms with Gasteiger partial charge in [0.2, 0.25) is 0 Å². The Morgan fingerprint density at radius 2 is 1.89 bits per heavy atom. The summed E-state index contributed by atoms with van der Waals surface area (Å²) in [7, 11) is 1.59. The summed E-state index contributed by atoms with van der Waals surface area (Å²) in [5.74, 6) is 0.573. The van der Waals surface area contributed by atoms with Gasteiger partial charge in [-0.05, 0) is 64.7 Å². The van der Waals surface area contributed by atoms with Crippen molar-refractivity contribution < 1.29 is 9.53 Å². The molecule has 0 saturated heterocycles. The number of fused-ring (bicyclic) bond motifs is 1. The number of amides is 1. The van der Waals surface area contributed by atoms with Crippen LogP contribution in [0.5, 0.6) is 5.75 Å². The van der Waals surface area contributed by atoms with E-state index in [2.05, 4.69) is 11.4 Å². The lowest BCUT2D eigenvalue weighted by Gasteiger charge is -2.15. The lowest BCUT2D eigenvalue weighted by atomic mass is 9.90. The van der Waals surface area contributed by atoms with Crippen LogP contribution in [0.15, 0.2) is 54.6 Å². The fourth-order valence-electron chi connectivity index (χ4n) is 3.33. The van der Waals surface area contributed by atoms with Crippen LogP contribution in [0.2, 0.25) is 5.02 Å². The lowest BCUT2D eigenvalue weighted by Crippen LogP contribution is -2.12. The highest BCUT2D eigenvalue weighted by atomic mass is 35.5. The fourth-order valence-corrected chi connectivity index (χ4v) is 3.60. The molecule has 0 spiro atoms. The third-order valence-electron chi connectivity index (χ3n) is 4.70. The predicted molar refractivity (Wildman–Crippen MR) is 105 cm³/mol. The summed E-state index contributed by atoms with van der Waals surface area (Å²) in [5.41, 5.74) is 5.63. The van der Waals surface area contributed by atoms with Crippen molar-refractivity contribution in [3.05, 3.63) is 76.3 Å². The van der Waals surface area contributed by atoms with Crippen molar-refractivity contribution in [2.24, 2.45) is 0 Å². The van der Waals surface area contributed by atoms with Crippen molar-refractivity contribution in [3.8, 4) is 34.1 Å². The molecular weight excluding hydrogens is 360 g/mol. The average molecular weight is 375 g/mol. The predicted octanol–water partition coefficient (Wildman–Crippen LogP) is 4.80. The third-order valence-corrected chi connectivity index (χ3v) is 5.01. The lowest BCUT2D eigenvalue weighted by molar-refractivity contribution is 0.0966. The molecule has 1 heterocycles. The van der Waals surface area contributed by atoms with E-state index in [0.717, 1.165) is 27.8 Å². The first-order valence-electron chi connectivity index (χ1n) is 8.40. The molecule has 0 saturated carbocycles. The smallest absolute Gasteiger partial charge is 0.251 e. The molecule has 132 valence electrons. The summed E-state index contributed by atoms with van der Waals surface area (Å²) in [6, 6.07) is 18.9. The van der Waals surface area contributed by atoms with Gasteiger partial charge in [0.15, 0.2) is 0 Å². The SMILES string of the molecule is COc1ccc(-c2cc3c(cc2-c2cccc(C#N)c2)CNC3=O)c(Cl)c1. The molecule has 1 aliphatic heterocycles. The molecule has 0 fully saturated rings. The van der Waals surface area contributed by atoms with Crippen molar-refractivity contribution in [3.63, 3.8) is 0 Å². The second kappa shape index (κ2) is 6.79. The Bertz CT molecular complexity index is 1120. The number of nitrogens with one attached hydrogen (secondary N) is 1. The van der Waals surface area contributed by atoms with Gasteiger partial charge in [-0.3, -0.25) is 4.79 Å². The average Bonchev–Trinajstić information content (AvgIpc) is 3.07. The monoisotopic (exact) mass is 374 g/mol. The van der Waals surface area contributed by atoms with Crippen molar-refractivity contribution in [2.75, 3.05) is 7.11 Å². The van der Waals surface area contributed by atoms with E-state index in [4.69, 9.17) is 16.3 Å². The number of carbonyl (C=O) groups excluding carboxylic acids is 1. The Balaban J connectivity index is 1.98. The summed E-state index contributed by atoms with van der Waals surface area (Å²) in [5, 5.41) is 12.6. The summed E-state index contributed by atoms with van der Waals surface area (Å²) in [6.07, 6.45) is 0. The zero-order valence-corrected chi connectivity index (χ0v) is 15.3. The van der Waals surface area contributed by atoms with E-state index < -0.39 is 0 Å². The summed E-state index contributed by atoms with van der Waals surface area (Å²) in [6.45, 7) is 0.496. The van der Waals surface area contributed by atoms with E-state index in [0.29, 0.717) is 28.4 Å². The standard InChI is InChI=1S/C22H15ClN2O2/c1-27-16-5-6-17(21(23)9-16)20-10-19-15(12-25-22(19)26)8-18(20)14-4-2-3-13(7-14)11-24/h2-10H,12H2,1H3,(H,25,26). The van der Waals surface area contributed by atoms with Crippen LogP contribution in [0.1, 0.15) is 21.5 Å². The number of hydrogen-bond acceptors (Lipinski definition) is 3. The second-order valence-corrected chi connectivity index (χ2v) is 6.68. The van der Waals surface area contributed by atoms with Gasteiger partial charge in [-0.15, -0.1) is 0 Å². The number of carbonyl (C=O) groups is 1. The van der Waals surface area contributed by atoms with Crippen molar-refractivity contribution in [1.82, 2.24) is 5.32 Å². The van der Waals surface area contributed by atoms with E-state index in [9.17, 15) is 10.1 Å². The Morgan fingerprint density at radius 1 is 1.04 bits per heavy atom. The highest BCUT2D eigenvalue weighted by molar-refractivity contribution is 6.33.